The molecular formula is C21H25N3O3. The molecule has 3 rings (SSSR count). The molecule has 0 aromatic heterocycles. The third kappa shape index (κ3) is 4.48. The summed E-state index contributed by atoms with van der Waals surface area (Å²) in [4.78, 5) is 28.3. The third-order valence-corrected chi connectivity index (χ3v) is 5.28. The van der Waals surface area contributed by atoms with E-state index in [0.717, 1.165) is 25.7 Å². The van der Waals surface area contributed by atoms with Gasteiger partial charge in [-0.2, -0.15) is 5.26 Å². The molecule has 2 unspecified atom stereocenters. The van der Waals surface area contributed by atoms with Gasteiger partial charge >= 0.3 is 0 Å². The number of carbonyl (C=O) groups is 2. The zero-order chi connectivity index (χ0) is 19.2. The lowest BCUT2D eigenvalue weighted by Gasteiger charge is -2.34. The second-order valence-electron chi connectivity index (χ2n) is 7.07. The molecule has 1 aromatic rings. The van der Waals surface area contributed by atoms with E-state index in [1.807, 2.05) is 11.0 Å². The number of hydrogen-bond donors (Lipinski definition) is 0. The van der Waals surface area contributed by atoms with Crippen molar-refractivity contribution in [2.75, 3.05) is 19.6 Å². The van der Waals surface area contributed by atoms with E-state index in [2.05, 4.69) is 12.6 Å². The number of nitriles is 1. The fraction of sp³-hybridized carbons (Fsp3) is 0.476. The molecule has 27 heavy (non-hydrogen) atoms. The smallest absolute Gasteiger partial charge is 0.246 e. The SMILES string of the molecule is C=CC(=O)N1CCCC1CC(=O)N1CCCC(Oc2ccccc2C#N)C1. The van der Waals surface area contributed by atoms with Crippen LogP contribution in [-0.2, 0) is 9.59 Å². The number of hydrogen-bond acceptors (Lipinski definition) is 4. The maximum atomic E-state index is 12.8. The minimum atomic E-state index is -0.119. The lowest BCUT2D eigenvalue weighted by Crippen LogP contribution is -2.46. The Hall–Kier alpha value is -2.81. The Morgan fingerprint density at radius 1 is 1.26 bits per heavy atom. The highest BCUT2D eigenvalue weighted by Crippen LogP contribution is 2.25. The first-order valence-corrected chi connectivity index (χ1v) is 9.49. The number of amides is 2. The number of ether oxygens (including phenoxy) is 1. The summed E-state index contributed by atoms with van der Waals surface area (Å²) >= 11 is 0. The predicted molar refractivity (Wildman–Crippen MR) is 101 cm³/mol. The molecule has 142 valence electrons. The minimum Gasteiger partial charge on any atom is -0.487 e. The van der Waals surface area contributed by atoms with Crippen molar-refractivity contribution in [1.82, 2.24) is 9.80 Å². The standard InChI is InChI=1S/C21H25N3O3/c1-2-20(25)24-12-5-8-17(24)13-21(26)23-11-6-9-18(15-23)27-19-10-4-3-7-16(19)14-22/h2-4,7,10,17-18H,1,5-6,8-9,11-13,15H2. The number of piperidine rings is 1. The molecular weight excluding hydrogens is 342 g/mol. The van der Waals surface area contributed by atoms with E-state index in [9.17, 15) is 14.9 Å². The number of rotatable bonds is 5. The number of carbonyl (C=O) groups excluding carboxylic acids is 2. The van der Waals surface area contributed by atoms with Crippen molar-refractivity contribution in [3.8, 4) is 11.8 Å². The van der Waals surface area contributed by atoms with Crippen LogP contribution in [0.15, 0.2) is 36.9 Å². The monoisotopic (exact) mass is 367 g/mol. The van der Waals surface area contributed by atoms with Crippen LogP contribution in [-0.4, -0.2) is 53.4 Å². The molecule has 1 aromatic carbocycles. The summed E-state index contributed by atoms with van der Waals surface area (Å²) < 4.78 is 6.01. The molecule has 2 saturated heterocycles. The molecule has 2 amide bonds. The minimum absolute atomic E-state index is 0.0383. The first kappa shape index (κ1) is 19.0. The number of benzene rings is 1. The molecule has 6 heteroatoms. The van der Waals surface area contributed by atoms with Crippen molar-refractivity contribution >= 4 is 11.8 Å². The van der Waals surface area contributed by atoms with E-state index in [0.29, 0.717) is 37.4 Å². The Morgan fingerprint density at radius 2 is 2.04 bits per heavy atom. The van der Waals surface area contributed by atoms with E-state index in [-0.39, 0.29) is 24.0 Å². The Labute approximate surface area is 160 Å². The molecule has 2 aliphatic rings. The van der Waals surface area contributed by atoms with Gasteiger partial charge in [0, 0.05) is 25.6 Å². The summed E-state index contributed by atoms with van der Waals surface area (Å²) in [7, 11) is 0. The van der Waals surface area contributed by atoms with Gasteiger partial charge in [-0.15, -0.1) is 0 Å². The zero-order valence-electron chi connectivity index (χ0n) is 15.5. The van der Waals surface area contributed by atoms with Gasteiger partial charge in [0.2, 0.25) is 11.8 Å². The summed E-state index contributed by atoms with van der Waals surface area (Å²) in [6, 6.07) is 9.26. The highest BCUT2D eigenvalue weighted by molar-refractivity contribution is 5.88. The molecule has 0 aliphatic carbocycles. The largest absolute Gasteiger partial charge is 0.487 e. The van der Waals surface area contributed by atoms with Crippen LogP contribution in [0.1, 0.15) is 37.7 Å². The average molecular weight is 367 g/mol. The number of likely N-dealkylation sites (tertiary alicyclic amines) is 2. The molecule has 0 bridgehead atoms. The summed E-state index contributed by atoms with van der Waals surface area (Å²) in [6.07, 6.45) is 5.05. The highest BCUT2D eigenvalue weighted by Gasteiger charge is 2.32. The van der Waals surface area contributed by atoms with Gasteiger partial charge in [-0.1, -0.05) is 18.7 Å². The van der Waals surface area contributed by atoms with Crippen molar-refractivity contribution in [1.29, 1.82) is 5.26 Å². The fourth-order valence-corrected chi connectivity index (χ4v) is 3.89. The quantitative estimate of drug-likeness (QED) is 0.750. The first-order valence-electron chi connectivity index (χ1n) is 9.49. The van der Waals surface area contributed by atoms with E-state index in [4.69, 9.17) is 4.74 Å². The normalized spacial score (nSPS) is 22.2. The summed E-state index contributed by atoms with van der Waals surface area (Å²) in [5.74, 6) is 0.529. The predicted octanol–water partition coefficient (Wildman–Crippen LogP) is 2.50. The summed E-state index contributed by atoms with van der Waals surface area (Å²) in [6.45, 7) is 5.46. The average Bonchev–Trinajstić information content (AvgIpc) is 3.16. The molecule has 2 fully saturated rings. The second-order valence-corrected chi connectivity index (χ2v) is 7.07. The second kappa shape index (κ2) is 8.72. The van der Waals surface area contributed by atoms with Crippen LogP contribution in [0.5, 0.6) is 5.75 Å². The van der Waals surface area contributed by atoms with E-state index < -0.39 is 0 Å². The molecule has 6 nitrogen and oxygen atoms in total. The Morgan fingerprint density at radius 3 is 2.81 bits per heavy atom. The van der Waals surface area contributed by atoms with Crippen molar-refractivity contribution in [3.05, 3.63) is 42.5 Å². The van der Waals surface area contributed by atoms with E-state index in [1.165, 1.54) is 6.08 Å². The van der Waals surface area contributed by atoms with Crippen LogP contribution in [0, 0.1) is 11.3 Å². The summed E-state index contributed by atoms with van der Waals surface area (Å²) in [5, 5.41) is 9.20. The maximum Gasteiger partial charge on any atom is 0.246 e. The van der Waals surface area contributed by atoms with Gasteiger partial charge < -0.3 is 14.5 Å². The van der Waals surface area contributed by atoms with Crippen molar-refractivity contribution < 1.29 is 14.3 Å². The van der Waals surface area contributed by atoms with Crippen LogP contribution in [0.4, 0.5) is 0 Å². The number of para-hydroxylation sites is 1. The van der Waals surface area contributed by atoms with Gasteiger partial charge in [0.1, 0.15) is 17.9 Å². The lowest BCUT2D eigenvalue weighted by atomic mass is 10.1. The van der Waals surface area contributed by atoms with E-state index >= 15 is 0 Å². The van der Waals surface area contributed by atoms with Crippen LogP contribution < -0.4 is 4.74 Å². The van der Waals surface area contributed by atoms with Gasteiger partial charge in [-0.05, 0) is 43.9 Å². The lowest BCUT2D eigenvalue weighted by molar-refractivity contribution is -0.136. The molecule has 0 N–H and O–H groups in total. The summed E-state index contributed by atoms with van der Waals surface area (Å²) in [5.41, 5.74) is 0.505. The van der Waals surface area contributed by atoms with E-state index in [1.54, 1.807) is 23.1 Å². The highest BCUT2D eigenvalue weighted by atomic mass is 16.5. The topological polar surface area (TPSA) is 73.6 Å². The molecule has 2 heterocycles. The van der Waals surface area contributed by atoms with Crippen molar-refractivity contribution in [3.63, 3.8) is 0 Å². The molecule has 2 aliphatic heterocycles. The maximum absolute atomic E-state index is 12.8. The molecule has 0 spiro atoms. The van der Waals surface area contributed by atoms with Crippen molar-refractivity contribution in [2.24, 2.45) is 0 Å². The van der Waals surface area contributed by atoms with Gasteiger partial charge in [0.05, 0.1) is 12.1 Å². The number of nitrogens with zero attached hydrogens (tertiary/aromatic N) is 3. The Kier molecular flexibility index (Phi) is 6.12. The molecule has 0 radical (unpaired) electrons. The molecule has 2 atom stereocenters. The van der Waals surface area contributed by atoms with Gasteiger partial charge in [-0.3, -0.25) is 9.59 Å². The van der Waals surface area contributed by atoms with Crippen LogP contribution in [0.2, 0.25) is 0 Å². The molecule has 0 saturated carbocycles. The fourth-order valence-electron chi connectivity index (χ4n) is 3.89. The van der Waals surface area contributed by atoms with Crippen LogP contribution in [0.3, 0.4) is 0 Å². The Bertz CT molecular complexity index is 755. The third-order valence-electron chi connectivity index (χ3n) is 5.28. The van der Waals surface area contributed by atoms with Crippen molar-refractivity contribution in [2.45, 2.75) is 44.2 Å². The van der Waals surface area contributed by atoms with Crippen LogP contribution >= 0.6 is 0 Å². The zero-order valence-corrected chi connectivity index (χ0v) is 15.5. The van der Waals surface area contributed by atoms with Gasteiger partial charge in [-0.25, -0.2) is 0 Å². The van der Waals surface area contributed by atoms with Crippen LogP contribution in [0.25, 0.3) is 0 Å². The van der Waals surface area contributed by atoms with Gasteiger partial charge in [0.15, 0.2) is 0 Å². The van der Waals surface area contributed by atoms with Gasteiger partial charge in [0.25, 0.3) is 0 Å². The Balaban J connectivity index is 1.59. The first-order chi connectivity index (χ1) is 13.1.